The Labute approximate surface area is 181 Å². The van der Waals surface area contributed by atoms with Crippen molar-refractivity contribution >= 4 is 23.6 Å². The lowest BCUT2D eigenvalue weighted by Crippen LogP contribution is -2.48. The molecule has 4 rings (SSSR count). The minimum atomic E-state index is -0.541. The van der Waals surface area contributed by atoms with Gasteiger partial charge in [-0.2, -0.15) is 0 Å². The van der Waals surface area contributed by atoms with Gasteiger partial charge in [0.2, 0.25) is 5.91 Å². The van der Waals surface area contributed by atoms with E-state index < -0.39 is 6.10 Å². The summed E-state index contributed by atoms with van der Waals surface area (Å²) in [4.78, 5) is 30.6. The van der Waals surface area contributed by atoms with Crippen molar-refractivity contribution < 1.29 is 14.7 Å². The topological polar surface area (TPSA) is 82.5 Å². The standard InChI is InChI=1S/C23H27N3O3S/c1-15(27)25-20-10-18-12-26(13-19(18)11-21(20)28)23(29)17-7-5-16(6-8-17)14-30-22-4-2-3-9-24-22/h2-9,18-21,28H,10-14H2,1H3,(H,25,27)/t18-,19+,20-,21-/m1/s1. The van der Waals surface area contributed by atoms with Gasteiger partial charge in [0.1, 0.15) is 0 Å². The number of aromatic nitrogens is 1. The van der Waals surface area contributed by atoms with Crippen molar-refractivity contribution in [1.82, 2.24) is 15.2 Å². The molecule has 0 bridgehead atoms. The Morgan fingerprint density at radius 1 is 1.13 bits per heavy atom. The van der Waals surface area contributed by atoms with Gasteiger partial charge in [0.15, 0.2) is 0 Å². The summed E-state index contributed by atoms with van der Waals surface area (Å²) in [6, 6.07) is 13.5. The molecule has 0 spiro atoms. The Morgan fingerprint density at radius 3 is 2.53 bits per heavy atom. The zero-order chi connectivity index (χ0) is 21.1. The number of benzene rings is 1. The Kier molecular flexibility index (Phi) is 6.39. The number of hydrogen-bond donors (Lipinski definition) is 2. The normalized spacial score (nSPS) is 25.6. The second-order valence-electron chi connectivity index (χ2n) is 8.23. The van der Waals surface area contributed by atoms with E-state index in [9.17, 15) is 14.7 Å². The summed E-state index contributed by atoms with van der Waals surface area (Å²) >= 11 is 1.67. The third-order valence-electron chi connectivity index (χ3n) is 6.04. The van der Waals surface area contributed by atoms with Crippen LogP contribution >= 0.6 is 11.8 Å². The number of aliphatic hydroxyl groups excluding tert-OH is 1. The fraction of sp³-hybridized carbons (Fsp3) is 0.435. The van der Waals surface area contributed by atoms with E-state index >= 15 is 0 Å². The predicted octanol–water partition coefficient (Wildman–Crippen LogP) is 2.72. The van der Waals surface area contributed by atoms with Gasteiger partial charge in [-0.15, -0.1) is 11.8 Å². The summed E-state index contributed by atoms with van der Waals surface area (Å²) < 4.78 is 0. The highest BCUT2D eigenvalue weighted by molar-refractivity contribution is 7.98. The minimum Gasteiger partial charge on any atom is -0.391 e. The van der Waals surface area contributed by atoms with Crippen LogP contribution in [-0.2, 0) is 10.5 Å². The van der Waals surface area contributed by atoms with Gasteiger partial charge in [0, 0.05) is 37.5 Å². The molecular formula is C23H27N3O3S. The van der Waals surface area contributed by atoms with Crippen molar-refractivity contribution in [1.29, 1.82) is 0 Å². The van der Waals surface area contributed by atoms with Crippen molar-refractivity contribution in [2.24, 2.45) is 11.8 Å². The van der Waals surface area contributed by atoms with Crippen LogP contribution in [0.5, 0.6) is 0 Å². The van der Waals surface area contributed by atoms with Crippen LogP contribution < -0.4 is 5.32 Å². The maximum absolute atomic E-state index is 13.0. The molecule has 6 nitrogen and oxygen atoms in total. The molecule has 1 aromatic carbocycles. The Morgan fingerprint density at radius 2 is 1.87 bits per heavy atom. The van der Waals surface area contributed by atoms with Crippen molar-refractivity contribution in [3.05, 3.63) is 59.8 Å². The number of pyridine rings is 1. The average Bonchev–Trinajstić information content (AvgIpc) is 3.15. The second kappa shape index (κ2) is 9.18. The van der Waals surface area contributed by atoms with E-state index in [1.165, 1.54) is 6.92 Å². The van der Waals surface area contributed by atoms with Crippen molar-refractivity contribution in [2.75, 3.05) is 13.1 Å². The molecule has 1 saturated heterocycles. The lowest BCUT2D eigenvalue weighted by Gasteiger charge is -2.35. The smallest absolute Gasteiger partial charge is 0.253 e. The van der Waals surface area contributed by atoms with E-state index in [1.54, 1.807) is 18.0 Å². The van der Waals surface area contributed by atoms with Crippen LogP contribution in [0.1, 0.15) is 35.7 Å². The molecule has 2 fully saturated rings. The molecule has 1 aliphatic heterocycles. The summed E-state index contributed by atoms with van der Waals surface area (Å²) in [5.74, 6) is 1.34. The summed E-state index contributed by atoms with van der Waals surface area (Å²) in [5.41, 5.74) is 1.85. The number of hydrogen-bond acceptors (Lipinski definition) is 5. The van der Waals surface area contributed by atoms with E-state index in [0.717, 1.165) is 22.8 Å². The quantitative estimate of drug-likeness (QED) is 0.720. The minimum absolute atomic E-state index is 0.0406. The number of fused-ring (bicyclic) bond motifs is 1. The van der Waals surface area contributed by atoms with Crippen molar-refractivity contribution in [3.8, 4) is 0 Å². The molecule has 1 saturated carbocycles. The summed E-state index contributed by atoms with van der Waals surface area (Å²) in [6.07, 6.45) is 2.60. The third kappa shape index (κ3) is 4.84. The maximum atomic E-state index is 13.0. The largest absolute Gasteiger partial charge is 0.391 e. The molecule has 1 aliphatic carbocycles. The van der Waals surface area contributed by atoms with Gasteiger partial charge in [-0.3, -0.25) is 9.59 Å². The summed E-state index contributed by atoms with van der Waals surface area (Å²) in [5, 5.41) is 14.2. The van der Waals surface area contributed by atoms with E-state index in [0.29, 0.717) is 36.9 Å². The fourth-order valence-electron chi connectivity index (χ4n) is 4.53. The highest BCUT2D eigenvalue weighted by Gasteiger charge is 2.43. The maximum Gasteiger partial charge on any atom is 0.253 e. The number of carbonyl (C=O) groups is 2. The molecule has 2 N–H and O–H groups in total. The average molecular weight is 426 g/mol. The van der Waals surface area contributed by atoms with Gasteiger partial charge in [0.25, 0.3) is 5.91 Å². The lowest BCUT2D eigenvalue weighted by molar-refractivity contribution is -0.121. The van der Waals surface area contributed by atoms with Crippen molar-refractivity contribution in [2.45, 2.75) is 42.7 Å². The van der Waals surface area contributed by atoms with Gasteiger partial charge in [-0.1, -0.05) is 18.2 Å². The van der Waals surface area contributed by atoms with Gasteiger partial charge in [-0.05, 0) is 54.5 Å². The third-order valence-corrected chi connectivity index (χ3v) is 7.06. The number of amides is 2. The number of carbonyl (C=O) groups excluding carboxylic acids is 2. The molecular weight excluding hydrogens is 398 g/mol. The lowest BCUT2D eigenvalue weighted by atomic mass is 9.77. The van der Waals surface area contributed by atoms with Crippen LogP contribution in [0.15, 0.2) is 53.7 Å². The molecule has 158 valence electrons. The van der Waals surface area contributed by atoms with Gasteiger partial charge in [0.05, 0.1) is 17.2 Å². The van der Waals surface area contributed by atoms with E-state index in [2.05, 4.69) is 10.3 Å². The molecule has 1 aromatic heterocycles. The van der Waals surface area contributed by atoms with Gasteiger partial charge < -0.3 is 15.3 Å². The number of thioether (sulfide) groups is 1. The van der Waals surface area contributed by atoms with Gasteiger partial charge >= 0.3 is 0 Å². The molecule has 2 amide bonds. The summed E-state index contributed by atoms with van der Waals surface area (Å²) in [6.45, 7) is 2.83. The molecule has 30 heavy (non-hydrogen) atoms. The van der Waals surface area contributed by atoms with Crippen LogP contribution in [-0.4, -0.2) is 52.0 Å². The van der Waals surface area contributed by atoms with E-state index in [1.807, 2.05) is 47.4 Å². The Hall–Kier alpha value is -2.38. The molecule has 2 heterocycles. The molecule has 2 aliphatic rings. The van der Waals surface area contributed by atoms with Crippen LogP contribution in [0.2, 0.25) is 0 Å². The van der Waals surface area contributed by atoms with Crippen molar-refractivity contribution in [3.63, 3.8) is 0 Å². The zero-order valence-corrected chi connectivity index (χ0v) is 17.8. The van der Waals surface area contributed by atoms with E-state index in [4.69, 9.17) is 0 Å². The number of likely N-dealkylation sites (tertiary alicyclic amines) is 1. The fourth-order valence-corrected chi connectivity index (χ4v) is 5.35. The molecule has 7 heteroatoms. The van der Waals surface area contributed by atoms with Crippen LogP contribution in [0.3, 0.4) is 0 Å². The van der Waals surface area contributed by atoms with E-state index in [-0.39, 0.29) is 17.9 Å². The Bertz CT molecular complexity index is 890. The summed E-state index contributed by atoms with van der Waals surface area (Å²) in [7, 11) is 0. The molecule has 0 radical (unpaired) electrons. The first-order chi connectivity index (χ1) is 14.5. The first-order valence-corrected chi connectivity index (χ1v) is 11.4. The number of rotatable bonds is 5. The molecule has 4 atom stereocenters. The van der Waals surface area contributed by atoms with Crippen LogP contribution in [0, 0.1) is 11.8 Å². The second-order valence-corrected chi connectivity index (χ2v) is 9.23. The highest BCUT2D eigenvalue weighted by Crippen LogP contribution is 2.37. The van der Waals surface area contributed by atoms with Gasteiger partial charge in [-0.25, -0.2) is 4.98 Å². The monoisotopic (exact) mass is 425 g/mol. The first kappa shape index (κ1) is 20.9. The zero-order valence-electron chi connectivity index (χ0n) is 17.0. The Balaban J connectivity index is 1.34. The number of nitrogens with zero attached hydrogens (tertiary/aromatic N) is 2. The molecule has 0 unspecified atom stereocenters. The number of nitrogens with one attached hydrogen (secondary N) is 1. The van der Waals surface area contributed by atoms with Crippen LogP contribution in [0.25, 0.3) is 0 Å². The number of aliphatic hydroxyl groups is 1. The molecule has 2 aromatic rings. The predicted molar refractivity (Wildman–Crippen MR) is 116 cm³/mol. The first-order valence-electron chi connectivity index (χ1n) is 10.4. The highest BCUT2D eigenvalue weighted by atomic mass is 32.2. The van der Waals surface area contributed by atoms with Crippen LogP contribution in [0.4, 0.5) is 0 Å². The SMILES string of the molecule is CC(=O)N[C@@H]1C[C@@H]2CN(C(=O)c3ccc(CSc4ccccn4)cc3)C[C@@H]2C[C@H]1O.